The molecule has 1 aliphatic carbocycles. The molecule has 2 rings (SSSR count). The maximum Gasteiger partial charge on any atom is 0.146 e. The van der Waals surface area contributed by atoms with Crippen molar-refractivity contribution in [2.75, 3.05) is 13.6 Å². The molecule has 5 nitrogen and oxygen atoms in total. The molecule has 0 aliphatic heterocycles. The number of rotatable bonds is 4. The van der Waals surface area contributed by atoms with Crippen molar-refractivity contribution in [3.8, 4) is 0 Å². The fourth-order valence-electron chi connectivity index (χ4n) is 2.83. The lowest BCUT2D eigenvalue weighted by molar-refractivity contribution is 0.124. The number of aromatic nitrogens is 3. The van der Waals surface area contributed by atoms with Crippen molar-refractivity contribution in [2.24, 2.45) is 18.7 Å². The highest BCUT2D eigenvalue weighted by atomic mass is 15.3. The summed E-state index contributed by atoms with van der Waals surface area (Å²) in [6, 6.07) is 0.602. The van der Waals surface area contributed by atoms with Crippen molar-refractivity contribution in [2.45, 2.75) is 38.3 Å². The van der Waals surface area contributed by atoms with E-state index in [1.165, 1.54) is 25.7 Å². The van der Waals surface area contributed by atoms with Gasteiger partial charge in [0.25, 0.3) is 0 Å². The van der Waals surface area contributed by atoms with Crippen LogP contribution in [0.1, 0.15) is 31.5 Å². The lowest BCUT2D eigenvalue weighted by atomic mass is 9.84. The number of hydrogen-bond donors (Lipinski definition) is 1. The molecule has 17 heavy (non-hydrogen) atoms. The molecule has 1 aromatic heterocycles. The Morgan fingerprint density at radius 1 is 1.47 bits per heavy atom. The van der Waals surface area contributed by atoms with Gasteiger partial charge in [0.15, 0.2) is 0 Å². The van der Waals surface area contributed by atoms with Gasteiger partial charge in [0.1, 0.15) is 12.2 Å². The van der Waals surface area contributed by atoms with Gasteiger partial charge >= 0.3 is 0 Å². The second-order valence-corrected chi connectivity index (χ2v) is 5.12. The van der Waals surface area contributed by atoms with E-state index in [0.717, 1.165) is 18.9 Å². The minimum atomic E-state index is 0.602. The van der Waals surface area contributed by atoms with Gasteiger partial charge in [0.05, 0.1) is 6.54 Å². The zero-order valence-corrected chi connectivity index (χ0v) is 10.8. The first kappa shape index (κ1) is 12.5. The number of nitrogens with two attached hydrogens (primary N) is 1. The molecule has 0 bridgehead atoms. The molecule has 0 aromatic carbocycles. The van der Waals surface area contributed by atoms with E-state index in [0.29, 0.717) is 12.0 Å². The number of hydrogen-bond acceptors (Lipinski definition) is 4. The van der Waals surface area contributed by atoms with Crippen LogP contribution < -0.4 is 5.73 Å². The van der Waals surface area contributed by atoms with Gasteiger partial charge in [-0.25, -0.2) is 0 Å². The van der Waals surface area contributed by atoms with Crippen LogP contribution in [0.15, 0.2) is 6.33 Å². The molecule has 2 unspecified atom stereocenters. The van der Waals surface area contributed by atoms with Gasteiger partial charge in [0.2, 0.25) is 0 Å². The molecule has 96 valence electrons. The van der Waals surface area contributed by atoms with Gasteiger partial charge in [-0.15, -0.1) is 10.2 Å². The predicted octanol–water partition coefficient (Wildman–Crippen LogP) is 0.764. The zero-order valence-electron chi connectivity index (χ0n) is 10.8. The van der Waals surface area contributed by atoms with E-state index in [1.54, 1.807) is 6.33 Å². The summed E-state index contributed by atoms with van der Waals surface area (Å²) in [5.41, 5.74) is 5.87. The molecule has 0 saturated heterocycles. The first-order valence-corrected chi connectivity index (χ1v) is 6.45. The smallest absolute Gasteiger partial charge is 0.146 e. The van der Waals surface area contributed by atoms with E-state index in [-0.39, 0.29) is 0 Å². The first-order chi connectivity index (χ1) is 8.22. The third-order valence-electron chi connectivity index (χ3n) is 3.93. The molecule has 2 atom stereocenters. The maximum atomic E-state index is 5.87. The highest BCUT2D eigenvalue weighted by molar-refractivity contribution is 4.88. The predicted molar refractivity (Wildman–Crippen MR) is 67.3 cm³/mol. The van der Waals surface area contributed by atoms with Crippen LogP contribution in [0.4, 0.5) is 0 Å². The average molecular weight is 237 g/mol. The fraction of sp³-hybridized carbons (Fsp3) is 0.833. The molecular formula is C12H23N5. The summed E-state index contributed by atoms with van der Waals surface area (Å²) in [5.74, 6) is 1.66. The van der Waals surface area contributed by atoms with Crippen LogP contribution in [0.2, 0.25) is 0 Å². The van der Waals surface area contributed by atoms with Gasteiger partial charge in [-0.3, -0.25) is 4.90 Å². The van der Waals surface area contributed by atoms with Crippen LogP contribution in [0.5, 0.6) is 0 Å². The highest BCUT2D eigenvalue weighted by Gasteiger charge is 2.27. The Labute approximate surface area is 103 Å². The molecule has 1 aromatic rings. The topological polar surface area (TPSA) is 60.0 Å². The van der Waals surface area contributed by atoms with Crippen molar-refractivity contribution >= 4 is 0 Å². The minimum Gasteiger partial charge on any atom is -0.330 e. The quantitative estimate of drug-likeness (QED) is 0.840. The van der Waals surface area contributed by atoms with E-state index in [1.807, 2.05) is 11.6 Å². The summed E-state index contributed by atoms with van der Waals surface area (Å²) in [7, 11) is 4.16. The van der Waals surface area contributed by atoms with E-state index in [9.17, 15) is 0 Å². The van der Waals surface area contributed by atoms with Gasteiger partial charge in [0, 0.05) is 13.1 Å². The van der Waals surface area contributed by atoms with Crippen molar-refractivity contribution < 1.29 is 0 Å². The summed E-state index contributed by atoms with van der Waals surface area (Å²) in [6.07, 6.45) is 6.94. The SMILES string of the molecule is CN(Cc1nncn1C)C1CCCCC1CN. The summed E-state index contributed by atoms with van der Waals surface area (Å²) in [4.78, 5) is 2.39. The third-order valence-corrected chi connectivity index (χ3v) is 3.93. The maximum absolute atomic E-state index is 5.87. The first-order valence-electron chi connectivity index (χ1n) is 6.45. The summed E-state index contributed by atoms with van der Waals surface area (Å²) in [6.45, 7) is 1.66. The van der Waals surface area contributed by atoms with Crippen molar-refractivity contribution in [3.05, 3.63) is 12.2 Å². The second kappa shape index (κ2) is 5.60. The zero-order chi connectivity index (χ0) is 12.3. The second-order valence-electron chi connectivity index (χ2n) is 5.12. The molecule has 5 heteroatoms. The highest BCUT2D eigenvalue weighted by Crippen LogP contribution is 2.27. The monoisotopic (exact) mass is 237 g/mol. The van der Waals surface area contributed by atoms with Crippen LogP contribution in [-0.2, 0) is 13.6 Å². The summed E-state index contributed by atoms with van der Waals surface area (Å²) < 4.78 is 1.98. The normalized spacial score (nSPS) is 25.4. The molecular weight excluding hydrogens is 214 g/mol. The molecule has 0 spiro atoms. The molecule has 1 saturated carbocycles. The van der Waals surface area contributed by atoms with Gasteiger partial charge in [-0.1, -0.05) is 12.8 Å². The molecule has 1 aliphatic rings. The lowest BCUT2D eigenvalue weighted by Crippen LogP contribution is -2.43. The standard InChI is InChI=1S/C12H23N5/c1-16(8-12-15-14-9-17(12)2)11-6-4-3-5-10(11)7-13/h9-11H,3-8,13H2,1-2H3. The van der Waals surface area contributed by atoms with Crippen molar-refractivity contribution in [1.82, 2.24) is 19.7 Å². The fourth-order valence-corrected chi connectivity index (χ4v) is 2.83. The van der Waals surface area contributed by atoms with Crippen LogP contribution in [0.3, 0.4) is 0 Å². The Balaban J connectivity index is 1.98. The minimum absolute atomic E-state index is 0.602. The Kier molecular flexibility index (Phi) is 4.12. The van der Waals surface area contributed by atoms with Crippen molar-refractivity contribution in [3.63, 3.8) is 0 Å². The largest absolute Gasteiger partial charge is 0.330 e. The van der Waals surface area contributed by atoms with Crippen LogP contribution >= 0.6 is 0 Å². The Bertz CT molecular complexity index is 348. The van der Waals surface area contributed by atoms with E-state index in [4.69, 9.17) is 5.73 Å². The lowest BCUT2D eigenvalue weighted by Gasteiger charge is -2.37. The van der Waals surface area contributed by atoms with Crippen LogP contribution in [0, 0.1) is 5.92 Å². The average Bonchev–Trinajstić information content (AvgIpc) is 2.75. The molecule has 0 amide bonds. The summed E-state index contributed by atoms with van der Waals surface area (Å²) >= 11 is 0. The van der Waals surface area contributed by atoms with Crippen LogP contribution in [0.25, 0.3) is 0 Å². The van der Waals surface area contributed by atoms with Gasteiger partial charge < -0.3 is 10.3 Å². The Morgan fingerprint density at radius 3 is 2.88 bits per heavy atom. The van der Waals surface area contributed by atoms with Gasteiger partial charge in [-0.2, -0.15) is 0 Å². The molecule has 0 radical (unpaired) electrons. The summed E-state index contributed by atoms with van der Waals surface area (Å²) in [5, 5.41) is 8.06. The molecule has 2 N–H and O–H groups in total. The Morgan fingerprint density at radius 2 is 2.24 bits per heavy atom. The third kappa shape index (κ3) is 2.84. The number of nitrogens with zero attached hydrogens (tertiary/aromatic N) is 4. The number of aryl methyl sites for hydroxylation is 1. The van der Waals surface area contributed by atoms with Gasteiger partial charge in [-0.05, 0) is 32.4 Å². The molecule has 1 fully saturated rings. The Hall–Kier alpha value is -0.940. The van der Waals surface area contributed by atoms with E-state index in [2.05, 4.69) is 22.1 Å². The molecule has 1 heterocycles. The van der Waals surface area contributed by atoms with Crippen molar-refractivity contribution in [1.29, 1.82) is 0 Å². The van der Waals surface area contributed by atoms with E-state index >= 15 is 0 Å². The van der Waals surface area contributed by atoms with E-state index < -0.39 is 0 Å². The van der Waals surface area contributed by atoms with Crippen LogP contribution in [-0.4, -0.2) is 39.3 Å².